The Labute approximate surface area is 103 Å². The van der Waals surface area contributed by atoms with Crippen LogP contribution in [-0.4, -0.2) is 5.91 Å². The van der Waals surface area contributed by atoms with Crippen LogP contribution in [0.25, 0.3) is 0 Å². The first-order chi connectivity index (χ1) is 7.49. The lowest BCUT2D eigenvalue weighted by molar-refractivity contribution is -0.116. The summed E-state index contributed by atoms with van der Waals surface area (Å²) in [6.45, 7) is 4.12. The van der Waals surface area contributed by atoms with Gasteiger partial charge in [0.2, 0.25) is 5.91 Å². The molecule has 4 heteroatoms. The Balaban J connectivity index is 2.53. The maximum Gasteiger partial charge on any atom is 0.224 e. The number of halogens is 2. The van der Waals surface area contributed by atoms with Crippen molar-refractivity contribution in [1.29, 1.82) is 0 Å². The minimum Gasteiger partial charge on any atom is -0.326 e. The third-order valence-corrected chi connectivity index (χ3v) is 2.80. The number of anilines is 1. The number of rotatable bonds is 4. The van der Waals surface area contributed by atoms with Gasteiger partial charge in [0.1, 0.15) is 5.82 Å². The molecule has 1 amide bonds. The summed E-state index contributed by atoms with van der Waals surface area (Å²) in [5.41, 5.74) is 0.495. The Morgan fingerprint density at radius 1 is 1.50 bits per heavy atom. The van der Waals surface area contributed by atoms with Crippen molar-refractivity contribution < 1.29 is 9.18 Å². The van der Waals surface area contributed by atoms with Crippen molar-refractivity contribution in [1.82, 2.24) is 0 Å². The summed E-state index contributed by atoms with van der Waals surface area (Å²) in [7, 11) is 0. The van der Waals surface area contributed by atoms with Gasteiger partial charge in [-0.05, 0) is 46.5 Å². The lowest BCUT2D eigenvalue weighted by Gasteiger charge is -2.07. The number of nitrogens with one attached hydrogen (secondary N) is 1. The van der Waals surface area contributed by atoms with Crippen LogP contribution in [-0.2, 0) is 4.79 Å². The Morgan fingerprint density at radius 2 is 2.19 bits per heavy atom. The molecule has 0 atom stereocenters. The number of carbonyl (C=O) groups excluding carboxylic acids is 1. The molecule has 16 heavy (non-hydrogen) atoms. The highest BCUT2D eigenvalue weighted by Gasteiger charge is 2.06. The van der Waals surface area contributed by atoms with Crippen LogP contribution < -0.4 is 5.32 Å². The Morgan fingerprint density at radius 3 is 2.75 bits per heavy atom. The van der Waals surface area contributed by atoms with Gasteiger partial charge in [-0.1, -0.05) is 13.8 Å². The standard InChI is InChI=1S/C12H15BrFNO/c1-8(2)3-6-12(16)15-9-4-5-10(13)11(14)7-9/h4-5,7-8H,3,6H2,1-2H3,(H,15,16). The molecule has 0 spiro atoms. The molecule has 0 saturated heterocycles. The van der Waals surface area contributed by atoms with Gasteiger partial charge in [0.05, 0.1) is 4.47 Å². The van der Waals surface area contributed by atoms with Crippen LogP contribution in [0.4, 0.5) is 10.1 Å². The molecule has 0 aromatic heterocycles. The molecular weight excluding hydrogens is 273 g/mol. The Hall–Kier alpha value is -0.900. The van der Waals surface area contributed by atoms with E-state index in [9.17, 15) is 9.18 Å². The molecule has 88 valence electrons. The number of hydrogen-bond donors (Lipinski definition) is 1. The van der Waals surface area contributed by atoms with Crippen LogP contribution in [0.5, 0.6) is 0 Å². The van der Waals surface area contributed by atoms with Gasteiger partial charge in [-0.25, -0.2) is 4.39 Å². The van der Waals surface area contributed by atoms with Crippen molar-refractivity contribution in [2.45, 2.75) is 26.7 Å². The SMILES string of the molecule is CC(C)CCC(=O)Nc1ccc(Br)c(F)c1. The molecule has 0 aliphatic carbocycles. The molecule has 1 aromatic rings. The zero-order valence-corrected chi connectivity index (χ0v) is 11.0. The van der Waals surface area contributed by atoms with Crippen molar-refractivity contribution in [3.05, 3.63) is 28.5 Å². The van der Waals surface area contributed by atoms with E-state index in [-0.39, 0.29) is 11.7 Å². The third kappa shape index (κ3) is 4.31. The molecule has 0 saturated carbocycles. The summed E-state index contributed by atoms with van der Waals surface area (Å²) in [6, 6.07) is 4.55. The molecule has 0 aliphatic heterocycles. The second-order valence-corrected chi connectivity index (χ2v) is 4.96. The minimum absolute atomic E-state index is 0.0737. The summed E-state index contributed by atoms with van der Waals surface area (Å²) in [5, 5.41) is 2.67. The van der Waals surface area contributed by atoms with Gasteiger partial charge in [0.25, 0.3) is 0 Å². The molecule has 0 radical (unpaired) electrons. The molecule has 0 bridgehead atoms. The maximum absolute atomic E-state index is 13.1. The van der Waals surface area contributed by atoms with Crippen LogP contribution >= 0.6 is 15.9 Å². The van der Waals surface area contributed by atoms with E-state index in [4.69, 9.17) is 0 Å². The number of benzene rings is 1. The fourth-order valence-corrected chi connectivity index (χ4v) is 1.46. The molecule has 1 rings (SSSR count). The van der Waals surface area contributed by atoms with E-state index in [1.807, 2.05) is 0 Å². The van der Waals surface area contributed by atoms with Crippen molar-refractivity contribution in [2.75, 3.05) is 5.32 Å². The normalized spacial score (nSPS) is 10.6. The maximum atomic E-state index is 13.1. The topological polar surface area (TPSA) is 29.1 Å². The van der Waals surface area contributed by atoms with Crippen molar-refractivity contribution in [3.8, 4) is 0 Å². The molecular formula is C12H15BrFNO. The zero-order valence-electron chi connectivity index (χ0n) is 9.39. The van der Waals surface area contributed by atoms with Crippen LogP contribution in [0.15, 0.2) is 22.7 Å². The van der Waals surface area contributed by atoms with E-state index in [0.717, 1.165) is 6.42 Å². The molecule has 0 fully saturated rings. The molecule has 1 aromatic carbocycles. The third-order valence-electron chi connectivity index (χ3n) is 2.15. The number of amides is 1. The van der Waals surface area contributed by atoms with Gasteiger partial charge in [0.15, 0.2) is 0 Å². The summed E-state index contributed by atoms with van der Waals surface area (Å²) in [5.74, 6) is 0.0458. The average molecular weight is 288 g/mol. The van der Waals surface area contributed by atoms with Crippen molar-refractivity contribution in [3.63, 3.8) is 0 Å². The van der Waals surface area contributed by atoms with Crippen molar-refractivity contribution in [2.24, 2.45) is 5.92 Å². The molecule has 0 unspecified atom stereocenters. The average Bonchev–Trinajstić information content (AvgIpc) is 2.21. The van der Waals surface area contributed by atoms with Crippen LogP contribution in [0, 0.1) is 11.7 Å². The fraction of sp³-hybridized carbons (Fsp3) is 0.417. The summed E-state index contributed by atoms with van der Waals surface area (Å²) < 4.78 is 13.5. The van der Waals surface area contributed by atoms with E-state index >= 15 is 0 Å². The summed E-state index contributed by atoms with van der Waals surface area (Å²) in [4.78, 5) is 11.5. The van der Waals surface area contributed by atoms with Gasteiger partial charge in [0, 0.05) is 12.1 Å². The second-order valence-electron chi connectivity index (χ2n) is 4.11. The predicted octanol–water partition coefficient (Wildman–Crippen LogP) is 3.96. The highest BCUT2D eigenvalue weighted by molar-refractivity contribution is 9.10. The van der Waals surface area contributed by atoms with Gasteiger partial charge < -0.3 is 5.32 Å². The van der Waals surface area contributed by atoms with Crippen LogP contribution in [0.2, 0.25) is 0 Å². The summed E-state index contributed by atoms with van der Waals surface area (Å²) >= 11 is 3.06. The molecule has 0 aliphatic rings. The van der Waals surface area contributed by atoms with E-state index in [2.05, 4.69) is 35.1 Å². The van der Waals surface area contributed by atoms with E-state index in [1.54, 1.807) is 12.1 Å². The van der Waals surface area contributed by atoms with E-state index in [1.165, 1.54) is 6.07 Å². The summed E-state index contributed by atoms with van der Waals surface area (Å²) in [6.07, 6.45) is 1.31. The lowest BCUT2D eigenvalue weighted by Crippen LogP contribution is -2.12. The van der Waals surface area contributed by atoms with Crippen molar-refractivity contribution >= 4 is 27.5 Å². The van der Waals surface area contributed by atoms with E-state index < -0.39 is 0 Å². The minimum atomic E-state index is -0.373. The second kappa shape index (κ2) is 5.99. The van der Waals surface area contributed by atoms with Gasteiger partial charge in [-0.15, -0.1) is 0 Å². The largest absolute Gasteiger partial charge is 0.326 e. The highest BCUT2D eigenvalue weighted by atomic mass is 79.9. The fourth-order valence-electron chi connectivity index (χ4n) is 1.22. The first kappa shape index (κ1) is 13.2. The Bertz CT molecular complexity index is 379. The van der Waals surface area contributed by atoms with Gasteiger partial charge >= 0.3 is 0 Å². The number of carbonyl (C=O) groups is 1. The number of hydrogen-bond acceptors (Lipinski definition) is 1. The lowest BCUT2D eigenvalue weighted by atomic mass is 10.1. The monoisotopic (exact) mass is 287 g/mol. The molecule has 2 nitrogen and oxygen atoms in total. The quantitative estimate of drug-likeness (QED) is 0.892. The zero-order chi connectivity index (χ0) is 12.1. The molecule has 1 N–H and O–H groups in total. The van der Waals surface area contributed by atoms with Crippen LogP contribution in [0.1, 0.15) is 26.7 Å². The first-order valence-corrected chi connectivity index (χ1v) is 6.03. The predicted molar refractivity (Wildman–Crippen MR) is 66.8 cm³/mol. The van der Waals surface area contributed by atoms with E-state index in [0.29, 0.717) is 22.5 Å². The van der Waals surface area contributed by atoms with Crippen LogP contribution in [0.3, 0.4) is 0 Å². The first-order valence-electron chi connectivity index (χ1n) is 5.24. The highest BCUT2D eigenvalue weighted by Crippen LogP contribution is 2.19. The van der Waals surface area contributed by atoms with Gasteiger partial charge in [-0.3, -0.25) is 4.79 Å². The molecule has 0 heterocycles. The smallest absolute Gasteiger partial charge is 0.224 e. The van der Waals surface area contributed by atoms with Gasteiger partial charge in [-0.2, -0.15) is 0 Å². The Kier molecular flexibility index (Phi) is 4.93.